The predicted molar refractivity (Wildman–Crippen MR) is 65.8 cm³/mol. The molecule has 3 unspecified atom stereocenters. The monoisotopic (exact) mass is 223 g/mol. The van der Waals surface area contributed by atoms with Crippen LogP contribution in [0.1, 0.15) is 59.8 Å². The van der Waals surface area contributed by atoms with Crippen LogP contribution >= 0.6 is 0 Å². The molecule has 0 heterocycles. The van der Waals surface area contributed by atoms with Crippen LogP contribution in [0.15, 0.2) is 0 Å². The first-order valence-corrected chi connectivity index (χ1v) is 6.42. The van der Waals surface area contributed by atoms with Crippen LogP contribution < -0.4 is 0 Å². The molecule has 1 fully saturated rings. The Hall–Kier alpha value is -0.550. The third-order valence-electron chi connectivity index (χ3n) is 3.90. The molecule has 0 amide bonds. The molecule has 1 saturated carbocycles. The fourth-order valence-electron chi connectivity index (χ4n) is 2.78. The molecule has 1 aliphatic carbocycles. The number of aliphatic hydroxyl groups excluding tert-OH is 1. The Morgan fingerprint density at radius 2 is 2.12 bits per heavy atom. The van der Waals surface area contributed by atoms with Crippen molar-refractivity contribution in [3.8, 4) is 6.07 Å². The minimum Gasteiger partial charge on any atom is -0.391 e. The van der Waals surface area contributed by atoms with Gasteiger partial charge in [-0.1, -0.05) is 34.1 Å². The summed E-state index contributed by atoms with van der Waals surface area (Å²) in [7, 11) is 0. The van der Waals surface area contributed by atoms with Crippen LogP contribution in [-0.2, 0) is 0 Å². The molecule has 0 spiro atoms. The molecule has 92 valence electrons. The van der Waals surface area contributed by atoms with Gasteiger partial charge in [-0.15, -0.1) is 0 Å². The van der Waals surface area contributed by atoms with Crippen LogP contribution in [0.25, 0.3) is 0 Å². The van der Waals surface area contributed by atoms with E-state index in [9.17, 15) is 10.4 Å². The van der Waals surface area contributed by atoms with Gasteiger partial charge in [0.15, 0.2) is 0 Å². The maximum atomic E-state index is 10.3. The largest absolute Gasteiger partial charge is 0.391 e. The molecule has 0 bridgehead atoms. The lowest BCUT2D eigenvalue weighted by atomic mass is 9.74. The van der Waals surface area contributed by atoms with E-state index in [0.29, 0.717) is 5.92 Å². The van der Waals surface area contributed by atoms with Gasteiger partial charge < -0.3 is 5.11 Å². The molecule has 1 N–H and O–H groups in total. The van der Waals surface area contributed by atoms with Crippen LogP contribution in [0.5, 0.6) is 0 Å². The van der Waals surface area contributed by atoms with Gasteiger partial charge in [0.1, 0.15) is 0 Å². The molecule has 0 radical (unpaired) electrons. The average Bonchev–Trinajstić information content (AvgIpc) is 2.59. The molecule has 0 aliphatic heterocycles. The molecule has 3 atom stereocenters. The van der Waals surface area contributed by atoms with E-state index in [1.54, 1.807) is 0 Å². The summed E-state index contributed by atoms with van der Waals surface area (Å²) in [5.74, 6) is 0.634. The Morgan fingerprint density at radius 1 is 1.50 bits per heavy atom. The summed E-state index contributed by atoms with van der Waals surface area (Å²) in [6.45, 7) is 8.53. The highest BCUT2D eigenvalue weighted by Gasteiger charge is 2.45. The number of hydrogen-bond donors (Lipinski definition) is 1. The van der Waals surface area contributed by atoms with Crippen molar-refractivity contribution < 1.29 is 5.11 Å². The highest BCUT2D eigenvalue weighted by atomic mass is 16.3. The summed E-state index contributed by atoms with van der Waals surface area (Å²) in [5, 5.41) is 19.7. The maximum Gasteiger partial charge on any atom is 0.0835 e. The Labute approximate surface area is 99.7 Å². The van der Waals surface area contributed by atoms with Gasteiger partial charge in [0.05, 0.1) is 17.6 Å². The van der Waals surface area contributed by atoms with E-state index in [1.807, 2.05) is 0 Å². The molecule has 1 aliphatic rings. The van der Waals surface area contributed by atoms with Gasteiger partial charge in [-0.25, -0.2) is 0 Å². The Bertz CT molecular complexity index is 273. The molecule has 16 heavy (non-hydrogen) atoms. The van der Waals surface area contributed by atoms with Crippen molar-refractivity contribution in [2.24, 2.45) is 16.7 Å². The normalized spacial score (nSPS) is 32.4. The molecule has 0 aromatic carbocycles. The van der Waals surface area contributed by atoms with E-state index < -0.39 is 11.5 Å². The highest BCUT2D eigenvalue weighted by Crippen LogP contribution is 2.47. The topological polar surface area (TPSA) is 44.0 Å². The van der Waals surface area contributed by atoms with Crippen molar-refractivity contribution in [2.75, 3.05) is 0 Å². The number of rotatable bonds is 3. The third-order valence-corrected chi connectivity index (χ3v) is 3.90. The Kier molecular flexibility index (Phi) is 4.02. The second kappa shape index (κ2) is 4.75. The van der Waals surface area contributed by atoms with Gasteiger partial charge in [-0.3, -0.25) is 0 Å². The second-order valence-electron chi connectivity index (χ2n) is 6.57. The number of nitriles is 1. The first-order chi connectivity index (χ1) is 7.33. The average molecular weight is 223 g/mol. The number of hydrogen-bond acceptors (Lipinski definition) is 2. The Morgan fingerprint density at radius 3 is 2.50 bits per heavy atom. The smallest absolute Gasteiger partial charge is 0.0835 e. The van der Waals surface area contributed by atoms with E-state index in [-0.39, 0.29) is 5.41 Å². The highest BCUT2D eigenvalue weighted by molar-refractivity contribution is 5.08. The minimum atomic E-state index is -0.464. The molecule has 0 saturated heterocycles. The lowest BCUT2D eigenvalue weighted by Gasteiger charge is -2.32. The summed E-state index contributed by atoms with van der Waals surface area (Å²) in [4.78, 5) is 0. The summed E-state index contributed by atoms with van der Waals surface area (Å²) >= 11 is 0. The maximum absolute atomic E-state index is 10.3. The van der Waals surface area contributed by atoms with Gasteiger partial charge in [0, 0.05) is 0 Å². The van der Waals surface area contributed by atoms with Gasteiger partial charge in [-0.05, 0) is 37.0 Å². The molecule has 0 aromatic rings. The summed E-state index contributed by atoms with van der Waals surface area (Å²) in [6, 6.07) is 2.41. The molecule has 0 aromatic heterocycles. The third kappa shape index (κ3) is 2.98. The van der Waals surface area contributed by atoms with E-state index in [1.165, 1.54) is 0 Å². The molecular formula is C14H25NO. The van der Waals surface area contributed by atoms with Crippen molar-refractivity contribution in [1.29, 1.82) is 5.26 Å². The summed E-state index contributed by atoms with van der Waals surface area (Å²) in [6.07, 6.45) is 4.25. The Balaban J connectivity index is 2.72. The zero-order chi connectivity index (χ0) is 12.4. The van der Waals surface area contributed by atoms with Crippen molar-refractivity contribution in [3.63, 3.8) is 0 Å². The zero-order valence-corrected chi connectivity index (χ0v) is 11.1. The number of nitrogens with zero attached hydrogens (tertiary/aromatic N) is 1. The fraction of sp³-hybridized carbons (Fsp3) is 0.929. The first kappa shape index (κ1) is 13.5. The van der Waals surface area contributed by atoms with E-state index in [4.69, 9.17) is 0 Å². The number of aliphatic hydroxyl groups is 1. The van der Waals surface area contributed by atoms with Gasteiger partial charge in [0.25, 0.3) is 0 Å². The molecule has 2 nitrogen and oxygen atoms in total. The van der Waals surface area contributed by atoms with Crippen LogP contribution in [0.3, 0.4) is 0 Å². The van der Waals surface area contributed by atoms with Crippen LogP contribution in [0.2, 0.25) is 0 Å². The van der Waals surface area contributed by atoms with Crippen molar-refractivity contribution >= 4 is 0 Å². The zero-order valence-electron chi connectivity index (χ0n) is 11.1. The van der Waals surface area contributed by atoms with Crippen molar-refractivity contribution in [1.82, 2.24) is 0 Å². The lowest BCUT2D eigenvalue weighted by molar-refractivity contribution is 0.0301. The molecule has 1 rings (SSSR count). The predicted octanol–water partition coefficient (Wildman–Crippen LogP) is 3.50. The van der Waals surface area contributed by atoms with Crippen LogP contribution in [0.4, 0.5) is 0 Å². The quantitative estimate of drug-likeness (QED) is 0.795. The first-order valence-electron chi connectivity index (χ1n) is 6.42. The van der Waals surface area contributed by atoms with Gasteiger partial charge >= 0.3 is 0 Å². The van der Waals surface area contributed by atoms with Crippen LogP contribution in [0, 0.1) is 28.1 Å². The van der Waals surface area contributed by atoms with Crippen LogP contribution in [-0.4, -0.2) is 11.2 Å². The van der Waals surface area contributed by atoms with Gasteiger partial charge in [0.2, 0.25) is 0 Å². The molecular weight excluding hydrogens is 198 g/mol. The minimum absolute atomic E-state index is 0.0908. The van der Waals surface area contributed by atoms with Crippen molar-refractivity contribution in [3.05, 3.63) is 0 Å². The van der Waals surface area contributed by atoms with E-state index in [0.717, 1.165) is 32.1 Å². The molecule has 2 heteroatoms. The van der Waals surface area contributed by atoms with E-state index >= 15 is 0 Å². The van der Waals surface area contributed by atoms with E-state index in [2.05, 4.69) is 33.8 Å². The summed E-state index contributed by atoms with van der Waals surface area (Å²) < 4.78 is 0. The standard InChI is InChI=1S/C14H25NO/c1-5-11-6-7-14(8-11,10-15)12(16)9-13(2,3)4/h11-12,16H,5-9H2,1-4H3. The second-order valence-corrected chi connectivity index (χ2v) is 6.57. The summed E-state index contributed by atoms with van der Waals surface area (Å²) in [5.41, 5.74) is -0.373. The van der Waals surface area contributed by atoms with Gasteiger partial charge in [-0.2, -0.15) is 5.26 Å². The van der Waals surface area contributed by atoms with Crippen molar-refractivity contribution in [2.45, 2.75) is 65.9 Å². The SMILES string of the molecule is CCC1CCC(C#N)(C(O)CC(C)(C)C)C1. The lowest BCUT2D eigenvalue weighted by Crippen LogP contribution is -2.34. The fourth-order valence-corrected chi connectivity index (χ4v) is 2.78.